The molecule has 0 spiro atoms. The van der Waals surface area contributed by atoms with Crippen LogP contribution in [-0.2, 0) is 11.3 Å². The number of aryl methyl sites for hydroxylation is 1. The topological polar surface area (TPSA) is 58.4 Å². The quantitative estimate of drug-likeness (QED) is 0.790. The molecule has 1 aromatic heterocycles. The summed E-state index contributed by atoms with van der Waals surface area (Å²) in [5, 5.41) is 6.83. The molecule has 0 saturated heterocycles. The van der Waals surface area contributed by atoms with Crippen LogP contribution in [0.1, 0.15) is 18.4 Å². The predicted molar refractivity (Wildman–Crippen MR) is 56.2 cm³/mol. The predicted octanol–water partition coefficient (Wildman–Crippen LogP) is 0.549. The molecule has 1 atom stereocenters. The number of carbonyl (C=O) groups is 1. The largest absolute Gasteiger partial charge is 0.360 e. The second kappa shape index (κ2) is 4.93. The van der Waals surface area contributed by atoms with Crippen LogP contribution in [0.15, 0.2) is 10.6 Å². The second-order valence-corrected chi connectivity index (χ2v) is 3.77. The molecule has 0 fully saturated rings. The number of nitrogens with zero attached hydrogens (tertiary/aromatic N) is 2. The van der Waals surface area contributed by atoms with Crippen LogP contribution in [0.3, 0.4) is 0 Å². The van der Waals surface area contributed by atoms with E-state index in [2.05, 4.69) is 10.5 Å². The number of aromatic nitrogens is 1. The molecule has 0 radical (unpaired) electrons. The lowest BCUT2D eigenvalue weighted by atomic mass is 10.3. The zero-order valence-corrected chi connectivity index (χ0v) is 9.57. The fourth-order valence-corrected chi connectivity index (χ4v) is 1.23. The number of hydrogen-bond donors (Lipinski definition) is 1. The van der Waals surface area contributed by atoms with Crippen molar-refractivity contribution in [2.45, 2.75) is 26.4 Å². The van der Waals surface area contributed by atoms with Crippen LogP contribution in [0.25, 0.3) is 0 Å². The first-order valence-corrected chi connectivity index (χ1v) is 4.87. The average molecular weight is 211 g/mol. The van der Waals surface area contributed by atoms with Gasteiger partial charge in [-0.2, -0.15) is 0 Å². The van der Waals surface area contributed by atoms with Crippen molar-refractivity contribution in [3.8, 4) is 0 Å². The van der Waals surface area contributed by atoms with Crippen molar-refractivity contribution in [1.29, 1.82) is 0 Å². The van der Waals surface area contributed by atoms with Crippen LogP contribution < -0.4 is 5.32 Å². The Hall–Kier alpha value is -1.36. The van der Waals surface area contributed by atoms with Crippen molar-refractivity contribution in [3.05, 3.63) is 17.5 Å². The number of rotatable bonds is 4. The highest BCUT2D eigenvalue weighted by Crippen LogP contribution is 2.02. The van der Waals surface area contributed by atoms with Crippen molar-refractivity contribution in [1.82, 2.24) is 15.4 Å². The molecule has 1 rings (SSSR count). The zero-order valence-electron chi connectivity index (χ0n) is 9.57. The van der Waals surface area contributed by atoms with E-state index in [0.29, 0.717) is 6.54 Å². The van der Waals surface area contributed by atoms with Gasteiger partial charge in [0.25, 0.3) is 0 Å². The van der Waals surface area contributed by atoms with Crippen molar-refractivity contribution in [2.75, 3.05) is 14.1 Å². The fraction of sp³-hybridized carbons (Fsp3) is 0.600. The molecule has 0 bridgehead atoms. The van der Waals surface area contributed by atoms with Crippen LogP contribution in [0.2, 0.25) is 0 Å². The first-order chi connectivity index (χ1) is 7.00. The molecule has 1 N–H and O–H groups in total. The molecule has 0 aliphatic heterocycles. The molecule has 5 heteroatoms. The maximum absolute atomic E-state index is 11.5. The molecule has 1 heterocycles. The molecule has 0 aliphatic carbocycles. The lowest BCUT2D eigenvalue weighted by Gasteiger charge is -2.17. The van der Waals surface area contributed by atoms with Gasteiger partial charge in [0, 0.05) is 20.2 Å². The first kappa shape index (κ1) is 11.7. The van der Waals surface area contributed by atoms with Crippen molar-refractivity contribution in [3.63, 3.8) is 0 Å². The Bertz CT molecular complexity index is 333. The second-order valence-electron chi connectivity index (χ2n) is 3.77. The van der Waals surface area contributed by atoms with E-state index in [9.17, 15) is 4.79 Å². The van der Waals surface area contributed by atoms with E-state index in [1.807, 2.05) is 19.9 Å². The summed E-state index contributed by atoms with van der Waals surface area (Å²) in [6, 6.07) is 1.63. The van der Waals surface area contributed by atoms with Crippen molar-refractivity contribution < 1.29 is 9.32 Å². The maximum atomic E-state index is 11.5. The van der Waals surface area contributed by atoms with E-state index in [0.717, 1.165) is 11.5 Å². The lowest BCUT2D eigenvalue weighted by Crippen LogP contribution is -2.41. The van der Waals surface area contributed by atoms with Gasteiger partial charge in [-0.25, -0.2) is 0 Å². The Morgan fingerprint density at radius 2 is 2.33 bits per heavy atom. The van der Waals surface area contributed by atoms with Crippen LogP contribution in [0, 0.1) is 6.92 Å². The summed E-state index contributed by atoms with van der Waals surface area (Å²) in [5.74, 6) is 0.789. The third kappa shape index (κ3) is 3.36. The van der Waals surface area contributed by atoms with Crippen molar-refractivity contribution in [2.24, 2.45) is 0 Å². The molecule has 1 amide bonds. The number of likely N-dealkylation sites (N-methyl/N-ethyl adjacent to an activating group) is 1. The van der Waals surface area contributed by atoms with Gasteiger partial charge in [-0.1, -0.05) is 5.16 Å². The minimum atomic E-state index is -0.217. The molecule has 5 nitrogen and oxygen atoms in total. The van der Waals surface area contributed by atoms with Gasteiger partial charge in [0.15, 0.2) is 5.76 Å². The van der Waals surface area contributed by atoms with Gasteiger partial charge >= 0.3 is 0 Å². The fourth-order valence-electron chi connectivity index (χ4n) is 1.23. The van der Waals surface area contributed by atoms with Crippen molar-refractivity contribution >= 4 is 5.91 Å². The number of carbonyl (C=O) groups excluding carboxylic acids is 1. The van der Waals surface area contributed by atoms with Gasteiger partial charge in [0.1, 0.15) is 0 Å². The lowest BCUT2D eigenvalue weighted by molar-refractivity contribution is -0.130. The average Bonchev–Trinajstić information content (AvgIpc) is 2.59. The zero-order chi connectivity index (χ0) is 11.4. The standard InChI is InChI=1S/C10H17N3O2/c1-7-5-9(15-12-7)6-11-8(2)10(14)13(3)4/h5,8,11H,6H2,1-4H3. The molecular weight excluding hydrogens is 194 g/mol. The molecule has 1 aromatic rings. The third-order valence-corrected chi connectivity index (χ3v) is 2.07. The molecule has 0 aliphatic rings. The van der Waals surface area contributed by atoms with Gasteiger partial charge in [0.05, 0.1) is 18.3 Å². The van der Waals surface area contributed by atoms with Gasteiger partial charge in [0.2, 0.25) is 5.91 Å². The van der Waals surface area contributed by atoms with Crippen LogP contribution in [0.4, 0.5) is 0 Å². The molecule has 1 unspecified atom stereocenters. The molecular formula is C10H17N3O2. The van der Waals surface area contributed by atoms with E-state index in [1.165, 1.54) is 0 Å². The van der Waals surface area contributed by atoms with Gasteiger partial charge in [-0.05, 0) is 13.8 Å². The maximum Gasteiger partial charge on any atom is 0.238 e. The Morgan fingerprint density at radius 1 is 1.67 bits per heavy atom. The highest BCUT2D eigenvalue weighted by atomic mass is 16.5. The first-order valence-electron chi connectivity index (χ1n) is 4.87. The molecule has 15 heavy (non-hydrogen) atoms. The number of amides is 1. The molecule has 84 valence electrons. The summed E-state index contributed by atoms with van der Waals surface area (Å²) in [6.45, 7) is 4.20. The Kier molecular flexibility index (Phi) is 3.85. The van der Waals surface area contributed by atoms with Gasteiger partial charge in [-0.3, -0.25) is 10.1 Å². The molecule has 0 aromatic carbocycles. The summed E-state index contributed by atoms with van der Waals surface area (Å²) < 4.78 is 5.02. The normalized spacial score (nSPS) is 12.5. The Labute approximate surface area is 89.4 Å². The number of hydrogen-bond acceptors (Lipinski definition) is 4. The Balaban J connectivity index is 2.40. The van der Waals surface area contributed by atoms with Crippen LogP contribution in [-0.4, -0.2) is 36.1 Å². The minimum absolute atomic E-state index is 0.0474. The van der Waals surface area contributed by atoms with E-state index in [4.69, 9.17) is 4.52 Å². The Morgan fingerprint density at radius 3 is 2.80 bits per heavy atom. The van der Waals surface area contributed by atoms with Gasteiger partial charge < -0.3 is 9.42 Å². The van der Waals surface area contributed by atoms with E-state index in [-0.39, 0.29) is 11.9 Å². The van der Waals surface area contributed by atoms with Gasteiger partial charge in [-0.15, -0.1) is 0 Å². The highest BCUT2D eigenvalue weighted by molar-refractivity contribution is 5.80. The number of nitrogens with one attached hydrogen (secondary N) is 1. The minimum Gasteiger partial charge on any atom is -0.360 e. The molecule has 0 saturated carbocycles. The van der Waals surface area contributed by atoms with Crippen LogP contribution in [0.5, 0.6) is 0 Å². The summed E-state index contributed by atoms with van der Waals surface area (Å²) in [6.07, 6.45) is 0. The SMILES string of the molecule is Cc1cc(CNC(C)C(=O)N(C)C)on1. The van der Waals surface area contributed by atoms with E-state index in [1.54, 1.807) is 19.0 Å². The van der Waals surface area contributed by atoms with E-state index < -0.39 is 0 Å². The summed E-state index contributed by atoms with van der Waals surface area (Å²) in [4.78, 5) is 13.0. The smallest absolute Gasteiger partial charge is 0.238 e. The summed E-state index contributed by atoms with van der Waals surface area (Å²) >= 11 is 0. The van der Waals surface area contributed by atoms with E-state index >= 15 is 0 Å². The summed E-state index contributed by atoms with van der Waals surface area (Å²) in [5.41, 5.74) is 0.846. The monoisotopic (exact) mass is 211 g/mol. The van der Waals surface area contributed by atoms with Crippen LogP contribution >= 0.6 is 0 Å². The summed E-state index contributed by atoms with van der Waals surface area (Å²) in [7, 11) is 3.47. The highest BCUT2D eigenvalue weighted by Gasteiger charge is 2.14. The third-order valence-electron chi connectivity index (χ3n) is 2.07.